The minimum atomic E-state index is 0.770. The first-order valence-corrected chi connectivity index (χ1v) is 5.71. The summed E-state index contributed by atoms with van der Waals surface area (Å²) in [6.45, 7) is 1.75. The number of nitrogens with one attached hydrogen (secondary N) is 1. The zero-order chi connectivity index (χ0) is 11.7. The number of aromatic nitrogens is 1. The van der Waals surface area contributed by atoms with E-state index in [9.17, 15) is 0 Å². The van der Waals surface area contributed by atoms with E-state index in [1.54, 1.807) is 7.11 Å². The Bertz CT molecular complexity index is 534. The lowest BCUT2D eigenvalue weighted by atomic mass is 10.0. The molecule has 0 atom stereocenters. The molecule has 4 heteroatoms. The summed E-state index contributed by atoms with van der Waals surface area (Å²) >= 11 is 0. The fraction of sp³-hybridized carbons (Fsp3) is 0.308. The van der Waals surface area contributed by atoms with E-state index < -0.39 is 0 Å². The Labute approximate surface area is 99.6 Å². The second-order valence-electron chi connectivity index (χ2n) is 4.09. The number of ether oxygens (including phenoxy) is 1. The molecule has 0 amide bonds. The van der Waals surface area contributed by atoms with E-state index >= 15 is 0 Å². The molecule has 1 aromatic carbocycles. The van der Waals surface area contributed by atoms with Gasteiger partial charge in [0, 0.05) is 11.1 Å². The molecule has 0 saturated heterocycles. The van der Waals surface area contributed by atoms with Gasteiger partial charge in [0.05, 0.1) is 13.7 Å². The Morgan fingerprint density at radius 3 is 3.24 bits per heavy atom. The van der Waals surface area contributed by atoms with Crippen molar-refractivity contribution in [3.8, 4) is 17.0 Å². The van der Waals surface area contributed by atoms with Crippen molar-refractivity contribution in [1.29, 1.82) is 0 Å². The van der Waals surface area contributed by atoms with Gasteiger partial charge in [0.1, 0.15) is 11.4 Å². The molecule has 1 N–H and O–H groups in total. The summed E-state index contributed by atoms with van der Waals surface area (Å²) in [5.74, 6) is 1.79. The van der Waals surface area contributed by atoms with Gasteiger partial charge in [0.15, 0.2) is 5.76 Å². The summed E-state index contributed by atoms with van der Waals surface area (Å²) in [6, 6.07) is 7.91. The SMILES string of the molecule is COc1cccc(-c2noc3c2CCNC3)c1. The summed E-state index contributed by atoms with van der Waals surface area (Å²) in [6.07, 6.45) is 0.964. The van der Waals surface area contributed by atoms with Crippen LogP contribution in [0.25, 0.3) is 11.3 Å². The van der Waals surface area contributed by atoms with E-state index in [4.69, 9.17) is 9.26 Å². The van der Waals surface area contributed by atoms with Crippen LogP contribution in [-0.4, -0.2) is 18.8 Å². The Morgan fingerprint density at radius 1 is 1.41 bits per heavy atom. The van der Waals surface area contributed by atoms with Gasteiger partial charge in [0.25, 0.3) is 0 Å². The van der Waals surface area contributed by atoms with Gasteiger partial charge in [-0.05, 0) is 25.1 Å². The van der Waals surface area contributed by atoms with E-state index in [1.165, 1.54) is 5.56 Å². The number of methoxy groups -OCH3 is 1. The lowest BCUT2D eigenvalue weighted by Crippen LogP contribution is -2.22. The molecule has 17 heavy (non-hydrogen) atoms. The third-order valence-corrected chi connectivity index (χ3v) is 3.05. The fourth-order valence-corrected chi connectivity index (χ4v) is 2.15. The number of hydrogen-bond acceptors (Lipinski definition) is 4. The van der Waals surface area contributed by atoms with Crippen LogP contribution in [0.15, 0.2) is 28.8 Å². The first-order valence-electron chi connectivity index (χ1n) is 5.71. The van der Waals surface area contributed by atoms with E-state index in [1.807, 2.05) is 24.3 Å². The maximum Gasteiger partial charge on any atom is 0.154 e. The van der Waals surface area contributed by atoms with Gasteiger partial charge in [-0.3, -0.25) is 0 Å². The summed E-state index contributed by atoms with van der Waals surface area (Å²) in [5.41, 5.74) is 3.22. The quantitative estimate of drug-likeness (QED) is 0.857. The minimum Gasteiger partial charge on any atom is -0.497 e. The van der Waals surface area contributed by atoms with Crippen molar-refractivity contribution in [2.75, 3.05) is 13.7 Å². The smallest absolute Gasteiger partial charge is 0.154 e. The first kappa shape index (κ1) is 10.4. The number of rotatable bonds is 2. The molecule has 88 valence electrons. The van der Waals surface area contributed by atoms with Crippen molar-refractivity contribution < 1.29 is 9.26 Å². The van der Waals surface area contributed by atoms with Crippen molar-refractivity contribution in [2.24, 2.45) is 0 Å². The first-order chi connectivity index (χ1) is 8.38. The highest BCUT2D eigenvalue weighted by molar-refractivity contribution is 5.65. The molecule has 0 spiro atoms. The number of benzene rings is 1. The van der Waals surface area contributed by atoms with Gasteiger partial charge in [-0.1, -0.05) is 17.3 Å². The third kappa shape index (κ3) is 1.80. The van der Waals surface area contributed by atoms with Crippen LogP contribution < -0.4 is 10.1 Å². The monoisotopic (exact) mass is 230 g/mol. The predicted octanol–water partition coefficient (Wildman–Crippen LogP) is 2.00. The average Bonchev–Trinajstić information content (AvgIpc) is 2.82. The molecule has 2 heterocycles. The molecule has 0 aliphatic carbocycles. The average molecular weight is 230 g/mol. The van der Waals surface area contributed by atoms with Crippen LogP contribution in [0.1, 0.15) is 11.3 Å². The van der Waals surface area contributed by atoms with E-state index in [0.717, 1.165) is 42.3 Å². The van der Waals surface area contributed by atoms with Gasteiger partial charge in [-0.15, -0.1) is 0 Å². The van der Waals surface area contributed by atoms with Crippen molar-refractivity contribution in [3.05, 3.63) is 35.6 Å². The lowest BCUT2D eigenvalue weighted by molar-refractivity contribution is 0.367. The van der Waals surface area contributed by atoms with Crippen LogP contribution >= 0.6 is 0 Å². The van der Waals surface area contributed by atoms with Gasteiger partial charge in [-0.25, -0.2) is 0 Å². The maximum absolute atomic E-state index is 5.36. The molecule has 4 nitrogen and oxygen atoms in total. The molecule has 1 aliphatic rings. The third-order valence-electron chi connectivity index (χ3n) is 3.05. The number of fused-ring (bicyclic) bond motifs is 1. The van der Waals surface area contributed by atoms with Crippen LogP contribution in [0.3, 0.4) is 0 Å². The summed E-state index contributed by atoms with van der Waals surface area (Å²) in [5, 5.41) is 7.44. The molecular weight excluding hydrogens is 216 g/mol. The summed E-state index contributed by atoms with van der Waals surface area (Å²) < 4.78 is 10.6. The lowest BCUT2D eigenvalue weighted by Gasteiger charge is -2.11. The van der Waals surface area contributed by atoms with Gasteiger partial charge >= 0.3 is 0 Å². The Balaban J connectivity index is 2.05. The highest BCUT2D eigenvalue weighted by Gasteiger charge is 2.20. The second kappa shape index (κ2) is 4.22. The maximum atomic E-state index is 5.36. The normalized spacial score (nSPS) is 14.4. The van der Waals surface area contributed by atoms with Crippen LogP contribution in [0.5, 0.6) is 5.75 Å². The van der Waals surface area contributed by atoms with Crippen molar-refractivity contribution in [2.45, 2.75) is 13.0 Å². The van der Waals surface area contributed by atoms with E-state index in [2.05, 4.69) is 10.5 Å². The van der Waals surface area contributed by atoms with Gasteiger partial charge in [-0.2, -0.15) is 0 Å². The molecule has 0 saturated carbocycles. The van der Waals surface area contributed by atoms with Gasteiger partial charge in [0.2, 0.25) is 0 Å². The predicted molar refractivity (Wildman–Crippen MR) is 63.9 cm³/mol. The zero-order valence-electron chi connectivity index (χ0n) is 9.69. The molecule has 0 radical (unpaired) electrons. The fourth-order valence-electron chi connectivity index (χ4n) is 2.15. The van der Waals surface area contributed by atoms with E-state index in [-0.39, 0.29) is 0 Å². The Morgan fingerprint density at radius 2 is 2.35 bits per heavy atom. The summed E-state index contributed by atoms with van der Waals surface area (Å²) in [7, 11) is 1.67. The van der Waals surface area contributed by atoms with Gasteiger partial charge < -0.3 is 14.6 Å². The molecule has 1 aromatic heterocycles. The molecule has 0 unspecified atom stereocenters. The molecule has 2 aromatic rings. The second-order valence-corrected chi connectivity index (χ2v) is 4.09. The van der Waals surface area contributed by atoms with Crippen molar-refractivity contribution >= 4 is 0 Å². The molecule has 0 fully saturated rings. The zero-order valence-corrected chi connectivity index (χ0v) is 9.69. The standard InChI is InChI=1S/C13H14N2O2/c1-16-10-4-2-3-9(7-10)13-11-5-6-14-8-12(11)17-15-13/h2-4,7,14H,5-6,8H2,1H3. The Hall–Kier alpha value is -1.81. The molecule has 1 aliphatic heterocycles. The van der Waals surface area contributed by atoms with Crippen LogP contribution in [-0.2, 0) is 13.0 Å². The Kier molecular flexibility index (Phi) is 2.57. The largest absolute Gasteiger partial charge is 0.497 e. The molecular formula is C13H14N2O2. The highest BCUT2D eigenvalue weighted by atomic mass is 16.5. The van der Waals surface area contributed by atoms with Crippen LogP contribution in [0, 0.1) is 0 Å². The topological polar surface area (TPSA) is 47.3 Å². The van der Waals surface area contributed by atoms with Crippen molar-refractivity contribution in [1.82, 2.24) is 10.5 Å². The van der Waals surface area contributed by atoms with Crippen LogP contribution in [0.2, 0.25) is 0 Å². The number of hydrogen-bond donors (Lipinski definition) is 1. The number of nitrogens with zero attached hydrogens (tertiary/aromatic N) is 1. The van der Waals surface area contributed by atoms with E-state index in [0.29, 0.717) is 0 Å². The molecule has 3 rings (SSSR count). The molecule has 0 bridgehead atoms. The summed E-state index contributed by atoms with van der Waals surface area (Å²) in [4.78, 5) is 0. The van der Waals surface area contributed by atoms with Crippen LogP contribution in [0.4, 0.5) is 0 Å². The minimum absolute atomic E-state index is 0.770. The highest BCUT2D eigenvalue weighted by Crippen LogP contribution is 2.29. The van der Waals surface area contributed by atoms with Crippen molar-refractivity contribution in [3.63, 3.8) is 0 Å².